The Kier molecular flexibility index (Phi) is 6.86. The lowest BCUT2D eigenvalue weighted by atomic mass is 9.60. The molecule has 2 aromatic carbocycles. The topological polar surface area (TPSA) is 77.0 Å². The number of hydrogen-bond donors (Lipinski definition) is 2. The van der Waals surface area contributed by atoms with Crippen LogP contribution in [0.5, 0.6) is 11.5 Å². The van der Waals surface area contributed by atoms with E-state index in [1.54, 1.807) is 0 Å². The predicted molar refractivity (Wildman–Crippen MR) is 136 cm³/mol. The zero-order chi connectivity index (χ0) is 24.5. The van der Waals surface area contributed by atoms with Crippen LogP contribution in [0, 0.1) is 5.92 Å². The Morgan fingerprint density at radius 2 is 1.89 bits per heavy atom. The average Bonchev–Trinajstić information content (AvgIpc) is 2.99. The molecule has 7 heteroatoms. The minimum Gasteiger partial charge on any atom is -0.490 e. The molecule has 1 spiro atoms. The molecule has 2 N–H and O–H groups in total. The van der Waals surface area contributed by atoms with E-state index in [9.17, 15) is 9.90 Å². The van der Waals surface area contributed by atoms with E-state index in [0.717, 1.165) is 55.7 Å². The molecular weight excluding hydrogens is 466 g/mol. The number of nitrogens with one attached hydrogen (secondary N) is 1. The van der Waals surface area contributed by atoms with Crippen LogP contribution < -0.4 is 14.8 Å². The van der Waals surface area contributed by atoms with Gasteiger partial charge in [-0.15, -0.1) is 0 Å². The highest BCUT2D eigenvalue weighted by Gasteiger charge is 2.54. The fourth-order valence-electron chi connectivity index (χ4n) is 6.50. The van der Waals surface area contributed by atoms with Crippen LogP contribution in [0.2, 0.25) is 5.02 Å². The fraction of sp³-hybridized carbons (Fsp3) is 0.536. The van der Waals surface area contributed by atoms with Crippen molar-refractivity contribution >= 4 is 23.3 Å². The third-order valence-corrected chi connectivity index (χ3v) is 8.48. The zero-order valence-corrected chi connectivity index (χ0v) is 21.0. The van der Waals surface area contributed by atoms with Crippen molar-refractivity contribution in [3.8, 4) is 11.5 Å². The van der Waals surface area contributed by atoms with Gasteiger partial charge in [0.1, 0.15) is 5.54 Å². The summed E-state index contributed by atoms with van der Waals surface area (Å²) < 4.78 is 17.3. The molecule has 6 nitrogen and oxygen atoms in total. The number of esters is 1. The Morgan fingerprint density at radius 3 is 2.57 bits per heavy atom. The third kappa shape index (κ3) is 4.47. The highest BCUT2D eigenvalue weighted by molar-refractivity contribution is 6.30. The molecule has 1 heterocycles. The number of aliphatic hydroxyl groups is 1. The predicted octanol–water partition coefficient (Wildman–Crippen LogP) is 5.28. The Hall–Kier alpha value is -2.44. The number of ether oxygens (including phenoxy) is 3. The van der Waals surface area contributed by atoms with Gasteiger partial charge in [-0.3, -0.25) is 0 Å². The maximum atomic E-state index is 13.1. The van der Waals surface area contributed by atoms with E-state index >= 15 is 0 Å². The van der Waals surface area contributed by atoms with Gasteiger partial charge < -0.3 is 24.6 Å². The maximum absolute atomic E-state index is 13.1. The second kappa shape index (κ2) is 9.90. The summed E-state index contributed by atoms with van der Waals surface area (Å²) in [4.78, 5) is 13.1. The van der Waals surface area contributed by atoms with Crippen molar-refractivity contribution in [1.82, 2.24) is 0 Å². The van der Waals surface area contributed by atoms with Gasteiger partial charge in [0.15, 0.2) is 11.5 Å². The van der Waals surface area contributed by atoms with E-state index in [0.29, 0.717) is 37.0 Å². The molecule has 2 aliphatic carbocycles. The van der Waals surface area contributed by atoms with Crippen molar-refractivity contribution in [2.75, 3.05) is 32.2 Å². The van der Waals surface area contributed by atoms with Crippen LogP contribution in [0.15, 0.2) is 36.4 Å². The molecule has 0 saturated heterocycles. The number of rotatable bonds is 6. The van der Waals surface area contributed by atoms with Crippen molar-refractivity contribution in [3.63, 3.8) is 0 Å². The first kappa shape index (κ1) is 24.3. The molecule has 1 fully saturated rings. The summed E-state index contributed by atoms with van der Waals surface area (Å²) in [6, 6.07) is 11.9. The van der Waals surface area contributed by atoms with Crippen LogP contribution in [0.4, 0.5) is 5.69 Å². The van der Waals surface area contributed by atoms with Gasteiger partial charge in [0.2, 0.25) is 0 Å². The second-order valence-corrected chi connectivity index (χ2v) is 10.6. The number of carbonyl (C=O) groups is 1. The Morgan fingerprint density at radius 1 is 1.14 bits per heavy atom. The van der Waals surface area contributed by atoms with Crippen LogP contribution in [0.3, 0.4) is 0 Å². The van der Waals surface area contributed by atoms with Gasteiger partial charge in [-0.2, -0.15) is 0 Å². The zero-order valence-electron chi connectivity index (χ0n) is 20.3. The Bertz CT molecular complexity index is 1080. The lowest BCUT2D eigenvalue weighted by Crippen LogP contribution is -2.53. The number of anilines is 1. The van der Waals surface area contributed by atoms with Gasteiger partial charge in [0.05, 0.1) is 20.3 Å². The number of hydrogen-bond acceptors (Lipinski definition) is 6. The summed E-state index contributed by atoms with van der Waals surface area (Å²) in [5, 5.41) is 13.7. The maximum Gasteiger partial charge on any atom is 0.331 e. The molecule has 35 heavy (non-hydrogen) atoms. The number of halogens is 1. The van der Waals surface area contributed by atoms with Gasteiger partial charge >= 0.3 is 5.97 Å². The SMILES string of the molecule is COC(=O)C1(Nc2cccc(Cl)c2)CCC2(CC1)c1cc3c(cc1CC2CCCO)OCCCO3. The van der Waals surface area contributed by atoms with E-state index in [1.165, 1.54) is 18.2 Å². The molecule has 1 atom stereocenters. The third-order valence-electron chi connectivity index (χ3n) is 8.25. The highest BCUT2D eigenvalue weighted by atomic mass is 35.5. The number of benzene rings is 2. The van der Waals surface area contributed by atoms with Crippen molar-refractivity contribution < 1.29 is 24.1 Å². The molecule has 3 aliphatic rings. The summed E-state index contributed by atoms with van der Waals surface area (Å²) in [6.45, 7) is 1.51. The number of carbonyl (C=O) groups excluding carboxylic acids is 1. The van der Waals surface area contributed by atoms with E-state index in [1.807, 2.05) is 24.3 Å². The van der Waals surface area contributed by atoms with E-state index in [2.05, 4.69) is 17.4 Å². The molecular formula is C28H34ClNO5. The molecule has 188 valence electrons. The van der Waals surface area contributed by atoms with Crippen LogP contribution >= 0.6 is 11.6 Å². The second-order valence-electron chi connectivity index (χ2n) is 10.1. The van der Waals surface area contributed by atoms with E-state index < -0.39 is 5.54 Å². The van der Waals surface area contributed by atoms with Gasteiger partial charge in [-0.25, -0.2) is 4.79 Å². The van der Waals surface area contributed by atoms with E-state index in [4.69, 9.17) is 25.8 Å². The summed E-state index contributed by atoms with van der Waals surface area (Å²) >= 11 is 6.21. The van der Waals surface area contributed by atoms with Crippen LogP contribution in [-0.4, -0.2) is 43.5 Å². The van der Waals surface area contributed by atoms with E-state index in [-0.39, 0.29) is 18.0 Å². The fourth-order valence-corrected chi connectivity index (χ4v) is 6.69. The molecule has 0 bridgehead atoms. The molecule has 1 saturated carbocycles. The van der Waals surface area contributed by atoms with Crippen LogP contribution in [-0.2, 0) is 21.4 Å². The first-order chi connectivity index (χ1) is 17.0. The summed E-state index contributed by atoms with van der Waals surface area (Å²) in [5.41, 5.74) is 2.58. The van der Waals surface area contributed by atoms with Gasteiger partial charge in [-0.05, 0) is 97.7 Å². The lowest BCUT2D eigenvalue weighted by molar-refractivity contribution is -0.148. The summed E-state index contributed by atoms with van der Waals surface area (Å²) in [5.74, 6) is 1.82. The number of fused-ring (bicyclic) bond motifs is 3. The van der Waals surface area contributed by atoms with Gasteiger partial charge in [-0.1, -0.05) is 17.7 Å². The lowest BCUT2D eigenvalue weighted by Gasteiger charge is -2.47. The van der Waals surface area contributed by atoms with Crippen molar-refractivity contribution in [1.29, 1.82) is 0 Å². The smallest absolute Gasteiger partial charge is 0.331 e. The molecule has 1 unspecified atom stereocenters. The quantitative estimate of drug-likeness (QED) is 0.526. The average molecular weight is 500 g/mol. The van der Waals surface area contributed by atoms with Crippen molar-refractivity contribution in [2.24, 2.45) is 5.92 Å². The number of methoxy groups -OCH3 is 1. The largest absolute Gasteiger partial charge is 0.490 e. The molecule has 5 rings (SSSR count). The Labute approximate surface area is 211 Å². The van der Waals surface area contributed by atoms with Crippen molar-refractivity contribution in [2.45, 2.75) is 62.3 Å². The molecule has 0 aromatic heterocycles. The minimum absolute atomic E-state index is 0.0667. The minimum atomic E-state index is -0.805. The number of aliphatic hydroxyl groups excluding tert-OH is 1. The van der Waals surface area contributed by atoms with Gasteiger partial charge in [0, 0.05) is 23.7 Å². The molecule has 2 aromatic rings. The Balaban J connectivity index is 1.48. The molecule has 1 aliphatic heterocycles. The first-order valence-corrected chi connectivity index (χ1v) is 13.0. The molecule has 0 radical (unpaired) electrons. The normalized spacial score (nSPS) is 27.2. The van der Waals surface area contributed by atoms with Crippen LogP contribution in [0.25, 0.3) is 0 Å². The van der Waals surface area contributed by atoms with Crippen molar-refractivity contribution in [3.05, 3.63) is 52.5 Å². The summed E-state index contributed by atoms with van der Waals surface area (Å²) in [7, 11) is 1.45. The van der Waals surface area contributed by atoms with Crippen LogP contribution in [0.1, 0.15) is 56.1 Å². The monoisotopic (exact) mass is 499 g/mol. The van der Waals surface area contributed by atoms with Gasteiger partial charge in [0.25, 0.3) is 0 Å². The standard InChI is InChI=1S/C28H34ClNO5/c1-33-26(32)28(30-22-7-2-6-21(29)17-22)10-8-27(9-11-28)20(5-3-12-31)15-19-16-24-25(18-23(19)27)35-14-4-13-34-24/h2,6-7,16-18,20,30-31H,3-5,8-15H2,1H3. The first-order valence-electron chi connectivity index (χ1n) is 12.7. The summed E-state index contributed by atoms with van der Waals surface area (Å²) in [6.07, 6.45) is 6.54. The molecule has 0 amide bonds. The highest BCUT2D eigenvalue weighted by Crippen LogP contribution is 2.57.